The topological polar surface area (TPSA) is 85.2 Å². The smallest absolute Gasteiger partial charge is 0.254 e. The molecule has 2 aliphatic rings. The molecular formula is C25H36N4O3. The Morgan fingerprint density at radius 1 is 1.25 bits per heavy atom. The first-order valence-corrected chi connectivity index (χ1v) is 11.7. The van der Waals surface area contributed by atoms with Crippen LogP contribution in [0.5, 0.6) is 0 Å². The van der Waals surface area contributed by atoms with Crippen molar-refractivity contribution in [2.24, 2.45) is 24.3 Å². The van der Waals surface area contributed by atoms with Crippen molar-refractivity contribution in [2.45, 2.75) is 78.5 Å². The predicted molar refractivity (Wildman–Crippen MR) is 125 cm³/mol. The Bertz CT molecular complexity index is 1070. The lowest BCUT2D eigenvalue weighted by Gasteiger charge is -2.34. The third-order valence-electron chi connectivity index (χ3n) is 7.32. The Labute approximate surface area is 189 Å². The maximum absolute atomic E-state index is 13.2. The maximum Gasteiger partial charge on any atom is 0.254 e. The fourth-order valence-corrected chi connectivity index (χ4v) is 5.13. The number of hydrogen-bond acceptors (Lipinski definition) is 5. The summed E-state index contributed by atoms with van der Waals surface area (Å²) in [6.07, 6.45) is 4.92. The van der Waals surface area contributed by atoms with Crippen molar-refractivity contribution >= 4 is 16.8 Å². The average molecular weight is 441 g/mol. The Morgan fingerprint density at radius 3 is 2.69 bits per heavy atom. The number of nitrogens with one attached hydrogen (secondary N) is 2. The number of carbonyl (C=O) groups is 1. The molecule has 1 amide bonds. The molecule has 1 aliphatic heterocycles. The van der Waals surface area contributed by atoms with Crippen LogP contribution >= 0.6 is 0 Å². The van der Waals surface area contributed by atoms with Crippen LogP contribution in [0.25, 0.3) is 10.9 Å². The molecule has 1 saturated carbocycles. The summed E-state index contributed by atoms with van der Waals surface area (Å²) < 4.78 is 1.72. The quantitative estimate of drug-likeness (QED) is 0.763. The molecule has 0 aromatic carbocycles. The molecule has 32 heavy (non-hydrogen) atoms. The molecule has 5 unspecified atom stereocenters. The molecule has 2 fully saturated rings. The second-order valence-electron chi connectivity index (χ2n) is 10.8. The molecule has 0 spiro atoms. The molecular weight excluding hydrogens is 404 g/mol. The van der Waals surface area contributed by atoms with E-state index >= 15 is 0 Å². The molecule has 1 aliphatic carbocycles. The molecule has 174 valence electrons. The van der Waals surface area contributed by atoms with E-state index in [0.717, 1.165) is 41.4 Å². The van der Waals surface area contributed by atoms with Gasteiger partial charge in [0, 0.05) is 42.2 Å². The van der Waals surface area contributed by atoms with E-state index in [9.17, 15) is 9.59 Å². The van der Waals surface area contributed by atoms with E-state index in [1.807, 2.05) is 32.3 Å². The predicted octanol–water partition coefficient (Wildman–Crippen LogP) is 3.54. The number of aromatic nitrogens is 2. The van der Waals surface area contributed by atoms with Gasteiger partial charge in [0.05, 0.1) is 11.6 Å². The van der Waals surface area contributed by atoms with Gasteiger partial charge in [0.2, 0.25) is 5.91 Å². The van der Waals surface area contributed by atoms with Crippen LogP contribution in [0.2, 0.25) is 0 Å². The van der Waals surface area contributed by atoms with Crippen LogP contribution in [0, 0.1) is 24.2 Å². The summed E-state index contributed by atoms with van der Waals surface area (Å²) in [4.78, 5) is 36.4. The molecule has 2 aromatic heterocycles. The molecule has 1 saturated heterocycles. The Kier molecular flexibility index (Phi) is 6.16. The van der Waals surface area contributed by atoms with Gasteiger partial charge in [0.25, 0.3) is 5.56 Å². The van der Waals surface area contributed by atoms with Crippen LogP contribution in [0.3, 0.4) is 0 Å². The molecule has 7 heteroatoms. The third kappa shape index (κ3) is 4.46. The minimum absolute atomic E-state index is 0.0153. The summed E-state index contributed by atoms with van der Waals surface area (Å²) in [6.45, 7) is 10.5. The zero-order valence-corrected chi connectivity index (χ0v) is 20.1. The van der Waals surface area contributed by atoms with Crippen molar-refractivity contribution in [2.75, 3.05) is 0 Å². The fraction of sp³-hybridized carbons (Fsp3) is 0.640. The number of carbonyl (C=O) groups excluding carboxylic acids is 1. The molecule has 2 N–H and O–H groups in total. The number of fused-ring (bicyclic) bond motifs is 1. The first kappa shape index (κ1) is 22.9. The SMILES string of the molecule is Cc1cc2c(cn1)cc(C1CC(C(=O)NC3CC(C(C)(C)C)ON3)CCC1C)c(=O)n2C. The number of aryl methyl sites for hydroxylation is 2. The third-order valence-corrected chi connectivity index (χ3v) is 7.32. The summed E-state index contributed by atoms with van der Waals surface area (Å²) >= 11 is 0. The highest BCUT2D eigenvalue weighted by Gasteiger charge is 2.38. The van der Waals surface area contributed by atoms with Gasteiger partial charge in [-0.2, -0.15) is 5.48 Å². The number of hydrogen-bond donors (Lipinski definition) is 2. The number of pyridine rings is 2. The summed E-state index contributed by atoms with van der Waals surface area (Å²) in [5.41, 5.74) is 5.61. The number of amides is 1. The molecule has 3 heterocycles. The van der Waals surface area contributed by atoms with Gasteiger partial charge in [-0.15, -0.1) is 0 Å². The molecule has 4 rings (SSSR count). The zero-order valence-electron chi connectivity index (χ0n) is 20.1. The summed E-state index contributed by atoms with van der Waals surface area (Å²) in [7, 11) is 1.82. The van der Waals surface area contributed by atoms with Gasteiger partial charge in [0.1, 0.15) is 6.17 Å². The highest BCUT2D eigenvalue weighted by Crippen LogP contribution is 2.40. The van der Waals surface area contributed by atoms with E-state index in [-0.39, 0.29) is 41.0 Å². The van der Waals surface area contributed by atoms with Gasteiger partial charge in [-0.3, -0.25) is 19.4 Å². The molecule has 2 aromatic rings. The Hall–Kier alpha value is -2.25. The summed E-state index contributed by atoms with van der Waals surface area (Å²) in [5.74, 6) is 0.343. The van der Waals surface area contributed by atoms with Gasteiger partial charge in [-0.1, -0.05) is 27.7 Å². The lowest BCUT2D eigenvalue weighted by atomic mass is 9.71. The van der Waals surface area contributed by atoms with Gasteiger partial charge in [-0.05, 0) is 55.6 Å². The monoisotopic (exact) mass is 440 g/mol. The average Bonchev–Trinajstić information content (AvgIpc) is 3.20. The molecule has 0 radical (unpaired) electrons. The normalized spacial score (nSPS) is 28.8. The van der Waals surface area contributed by atoms with Crippen molar-refractivity contribution < 1.29 is 9.63 Å². The van der Waals surface area contributed by atoms with E-state index in [2.05, 4.69) is 43.5 Å². The summed E-state index contributed by atoms with van der Waals surface area (Å²) in [6, 6.07) is 3.94. The first-order chi connectivity index (χ1) is 15.0. The van der Waals surface area contributed by atoms with Crippen molar-refractivity contribution in [3.05, 3.63) is 39.9 Å². The van der Waals surface area contributed by atoms with Crippen molar-refractivity contribution in [1.82, 2.24) is 20.3 Å². The fourth-order valence-electron chi connectivity index (χ4n) is 5.13. The second kappa shape index (κ2) is 8.60. The minimum atomic E-state index is -0.174. The zero-order chi connectivity index (χ0) is 23.2. The lowest BCUT2D eigenvalue weighted by Crippen LogP contribution is -2.45. The van der Waals surface area contributed by atoms with Crippen LogP contribution < -0.4 is 16.4 Å². The molecule has 5 atom stereocenters. The standard InChI is InChI=1S/C25H36N4O3/c1-14-7-8-16(23(30)27-22-12-21(32-28-22)25(3,4)5)10-18(14)19-11-17-13-26-15(2)9-20(17)29(6)24(19)31/h9,11,13-14,16,18,21-22,28H,7-8,10,12H2,1-6H3,(H,27,30). The lowest BCUT2D eigenvalue weighted by molar-refractivity contribution is -0.127. The van der Waals surface area contributed by atoms with Crippen molar-refractivity contribution in [1.29, 1.82) is 0 Å². The van der Waals surface area contributed by atoms with E-state index < -0.39 is 0 Å². The van der Waals surface area contributed by atoms with E-state index in [0.29, 0.717) is 12.3 Å². The minimum Gasteiger partial charge on any atom is -0.338 e. The first-order valence-electron chi connectivity index (χ1n) is 11.7. The maximum atomic E-state index is 13.2. The van der Waals surface area contributed by atoms with Crippen LogP contribution in [0.4, 0.5) is 0 Å². The van der Waals surface area contributed by atoms with Crippen LogP contribution in [0.15, 0.2) is 23.1 Å². The number of hydroxylamine groups is 1. The van der Waals surface area contributed by atoms with Gasteiger partial charge >= 0.3 is 0 Å². The van der Waals surface area contributed by atoms with Crippen LogP contribution in [0.1, 0.15) is 70.6 Å². The largest absolute Gasteiger partial charge is 0.338 e. The van der Waals surface area contributed by atoms with Gasteiger partial charge in [0.15, 0.2) is 0 Å². The van der Waals surface area contributed by atoms with Gasteiger partial charge < -0.3 is 9.88 Å². The molecule has 0 bridgehead atoms. The second-order valence-corrected chi connectivity index (χ2v) is 10.8. The molecule has 7 nitrogen and oxygen atoms in total. The Balaban J connectivity index is 1.52. The van der Waals surface area contributed by atoms with Crippen molar-refractivity contribution in [3.8, 4) is 0 Å². The van der Waals surface area contributed by atoms with Crippen LogP contribution in [-0.4, -0.2) is 27.7 Å². The van der Waals surface area contributed by atoms with E-state index in [4.69, 9.17) is 4.84 Å². The number of nitrogens with zero attached hydrogens (tertiary/aromatic N) is 2. The van der Waals surface area contributed by atoms with E-state index in [1.54, 1.807) is 4.57 Å². The highest BCUT2D eigenvalue weighted by atomic mass is 16.7. The highest BCUT2D eigenvalue weighted by molar-refractivity contribution is 5.80. The van der Waals surface area contributed by atoms with Gasteiger partial charge in [-0.25, -0.2) is 0 Å². The summed E-state index contributed by atoms with van der Waals surface area (Å²) in [5, 5.41) is 4.10. The van der Waals surface area contributed by atoms with Crippen molar-refractivity contribution in [3.63, 3.8) is 0 Å². The van der Waals surface area contributed by atoms with Crippen LogP contribution in [-0.2, 0) is 16.7 Å². The Morgan fingerprint density at radius 2 is 2.00 bits per heavy atom. The number of rotatable bonds is 3. The van der Waals surface area contributed by atoms with E-state index in [1.165, 1.54) is 0 Å².